The van der Waals surface area contributed by atoms with Crippen molar-refractivity contribution >= 4 is 10.0 Å². The molecule has 0 aliphatic carbocycles. The molecule has 1 atom stereocenters. The summed E-state index contributed by atoms with van der Waals surface area (Å²) in [6, 6.07) is 0. The van der Waals surface area contributed by atoms with Crippen molar-refractivity contribution in [3.05, 3.63) is 0 Å². The molecule has 2 rings (SSSR count). The molecule has 2 heterocycles. The van der Waals surface area contributed by atoms with Crippen LogP contribution in [0.15, 0.2) is 0 Å². The molecule has 0 bridgehead atoms. The number of ether oxygens (including phenoxy) is 1. The molecule has 0 aromatic heterocycles. The Morgan fingerprint density at radius 3 is 2.67 bits per heavy atom. The van der Waals surface area contributed by atoms with Crippen LogP contribution in [0.1, 0.15) is 25.7 Å². The first-order valence-electron chi connectivity index (χ1n) is 6.86. The van der Waals surface area contributed by atoms with Crippen molar-refractivity contribution in [1.29, 1.82) is 0 Å². The van der Waals surface area contributed by atoms with Crippen molar-refractivity contribution in [3.63, 3.8) is 0 Å². The van der Waals surface area contributed by atoms with Gasteiger partial charge in [-0.05, 0) is 45.2 Å². The second-order valence-corrected chi connectivity index (χ2v) is 7.49. The van der Waals surface area contributed by atoms with Crippen molar-refractivity contribution < 1.29 is 13.2 Å². The largest absolute Gasteiger partial charge is 0.381 e. The zero-order valence-corrected chi connectivity index (χ0v) is 11.9. The lowest BCUT2D eigenvalue weighted by atomic mass is 10.00. The van der Waals surface area contributed by atoms with E-state index in [1.165, 1.54) is 0 Å². The van der Waals surface area contributed by atoms with Gasteiger partial charge in [0.1, 0.15) is 0 Å². The van der Waals surface area contributed by atoms with Crippen molar-refractivity contribution in [1.82, 2.24) is 9.62 Å². The highest BCUT2D eigenvalue weighted by atomic mass is 32.2. The van der Waals surface area contributed by atoms with Gasteiger partial charge in [-0.25, -0.2) is 12.7 Å². The second kappa shape index (κ2) is 6.32. The third-order valence-electron chi connectivity index (χ3n) is 3.92. The van der Waals surface area contributed by atoms with E-state index in [0.29, 0.717) is 45.1 Å². The Morgan fingerprint density at radius 2 is 2.00 bits per heavy atom. The first kappa shape index (κ1) is 14.2. The van der Waals surface area contributed by atoms with Gasteiger partial charge in [-0.15, -0.1) is 0 Å². The fourth-order valence-corrected chi connectivity index (χ4v) is 4.91. The number of nitrogens with zero attached hydrogens (tertiary/aromatic N) is 1. The SMILES string of the molecule is CNCC1CCCN(S(=O)(=O)C2CCOCC2)C1. The topological polar surface area (TPSA) is 58.6 Å². The zero-order chi connectivity index (χ0) is 13.0. The minimum Gasteiger partial charge on any atom is -0.381 e. The maximum absolute atomic E-state index is 12.5. The smallest absolute Gasteiger partial charge is 0.217 e. The maximum atomic E-state index is 12.5. The molecule has 0 amide bonds. The number of piperidine rings is 1. The van der Waals surface area contributed by atoms with E-state index in [2.05, 4.69) is 5.32 Å². The number of rotatable bonds is 4. The zero-order valence-electron chi connectivity index (χ0n) is 11.1. The minimum absolute atomic E-state index is 0.223. The molecule has 18 heavy (non-hydrogen) atoms. The van der Waals surface area contributed by atoms with Gasteiger partial charge >= 0.3 is 0 Å². The Morgan fingerprint density at radius 1 is 1.28 bits per heavy atom. The predicted molar refractivity (Wildman–Crippen MR) is 71.0 cm³/mol. The molecule has 1 unspecified atom stereocenters. The third kappa shape index (κ3) is 3.23. The van der Waals surface area contributed by atoms with Crippen molar-refractivity contribution in [2.24, 2.45) is 5.92 Å². The molecule has 6 heteroatoms. The van der Waals surface area contributed by atoms with Crippen molar-refractivity contribution in [2.75, 3.05) is 39.9 Å². The van der Waals surface area contributed by atoms with Crippen LogP contribution in [0, 0.1) is 5.92 Å². The molecule has 1 N–H and O–H groups in total. The number of sulfonamides is 1. The van der Waals surface area contributed by atoms with E-state index in [1.807, 2.05) is 7.05 Å². The average Bonchev–Trinajstić information content (AvgIpc) is 2.40. The van der Waals surface area contributed by atoms with Gasteiger partial charge in [0.05, 0.1) is 5.25 Å². The summed E-state index contributed by atoms with van der Waals surface area (Å²) in [7, 11) is -1.19. The summed E-state index contributed by atoms with van der Waals surface area (Å²) in [4.78, 5) is 0. The van der Waals surface area contributed by atoms with Crippen LogP contribution in [0.5, 0.6) is 0 Å². The fraction of sp³-hybridized carbons (Fsp3) is 1.00. The Bertz CT molecular complexity index is 350. The van der Waals surface area contributed by atoms with Crippen LogP contribution in [-0.4, -0.2) is 57.9 Å². The van der Waals surface area contributed by atoms with Crippen molar-refractivity contribution in [2.45, 2.75) is 30.9 Å². The van der Waals surface area contributed by atoms with E-state index in [-0.39, 0.29) is 5.25 Å². The molecule has 2 saturated heterocycles. The summed E-state index contributed by atoms with van der Waals surface area (Å²) < 4.78 is 32.0. The Hall–Kier alpha value is -0.170. The van der Waals surface area contributed by atoms with Crippen LogP contribution in [-0.2, 0) is 14.8 Å². The molecule has 0 aromatic carbocycles. The van der Waals surface area contributed by atoms with Crippen molar-refractivity contribution in [3.8, 4) is 0 Å². The standard InChI is InChI=1S/C12H24N2O3S/c1-13-9-11-3-2-6-14(10-11)18(15,16)12-4-7-17-8-5-12/h11-13H,2-10H2,1H3. The summed E-state index contributed by atoms with van der Waals surface area (Å²) in [5.74, 6) is 0.457. The molecule has 2 fully saturated rings. The average molecular weight is 276 g/mol. The van der Waals surface area contributed by atoms with Crippen LogP contribution >= 0.6 is 0 Å². The van der Waals surface area contributed by atoms with Crippen LogP contribution in [0.3, 0.4) is 0 Å². The number of hydrogen-bond donors (Lipinski definition) is 1. The van der Waals surface area contributed by atoms with E-state index in [4.69, 9.17) is 4.74 Å². The van der Waals surface area contributed by atoms with E-state index in [1.54, 1.807) is 4.31 Å². The first-order valence-corrected chi connectivity index (χ1v) is 8.36. The van der Waals surface area contributed by atoms with E-state index in [9.17, 15) is 8.42 Å². The summed E-state index contributed by atoms with van der Waals surface area (Å²) in [5, 5.41) is 2.92. The molecule has 106 valence electrons. The summed E-state index contributed by atoms with van der Waals surface area (Å²) in [5.41, 5.74) is 0. The van der Waals surface area contributed by atoms with Crippen LogP contribution in [0.4, 0.5) is 0 Å². The van der Waals surface area contributed by atoms with E-state index < -0.39 is 10.0 Å². The first-order chi connectivity index (χ1) is 8.64. The Kier molecular flexibility index (Phi) is 5.00. The van der Waals surface area contributed by atoms with Crippen LogP contribution in [0.2, 0.25) is 0 Å². The molecule has 0 aromatic rings. The number of hydrogen-bond acceptors (Lipinski definition) is 4. The molecular weight excluding hydrogens is 252 g/mol. The molecule has 2 aliphatic rings. The van der Waals surface area contributed by atoms with Gasteiger partial charge in [-0.1, -0.05) is 0 Å². The highest BCUT2D eigenvalue weighted by Gasteiger charge is 2.35. The van der Waals surface area contributed by atoms with Gasteiger partial charge in [0.2, 0.25) is 10.0 Å². The molecule has 0 spiro atoms. The summed E-state index contributed by atoms with van der Waals surface area (Å²) in [6.45, 7) is 3.44. The van der Waals surface area contributed by atoms with Gasteiger partial charge in [0, 0.05) is 26.3 Å². The van der Waals surface area contributed by atoms with Gasteiger partial charge in [0.15, 0.2) is 0 Å². The van der Waals surface area contributed by atoms with Gasteiger partial charge in [0.25, 0.3) is 0 Å². The van der Waals surface area contributed by atoms with Gasteiger partial charge < -0.3 is 10.1 Å². The molecule has 5 nitrogen and oxygen atoms in total. The number of nitrogens with one attached hydrogen (secondary N) is 1. The van der Waals surface area contributed by atoms with Gasteiger partial charge in [-0.2, -0.15) is 0 Å². The molecular formula is C12H24N2O3S. The fourth-order valence-electron chi connectivity index (χ4n) is 2.90. The monoisotopic (exact) mass is 276 g/mol. The molecule has 2 aliphatic heterocycles. The maximum Gasteiger partial charge on any atom is 0.217 e. The normalized spacial score (nSPS) is 28.4. The molecule has 0 saturated carbocycles. The van der Waals surface area contributed by atoms with Crippen LogP contribution in [0.25, 0.3) is 0 Å². The summed E-state index contributed by atoms with van der Waals surface area (Å²) >= 11 is 0. The minimum atomic E-state index is -3.11. The lowest BCUT2D eigenvalue weighted by molar-refractivity contribution is 0.0966. The quantitative estimate of drug-likeness (QED) is 0.809. The van der Waals surface area contributed by atoms with Crippen LogP contribution < -0.4 is 5.32 Å². The molecule has 0 radical (unpaired) electrons. The summed E-state index contributed by atoms with van der Waals surface area (Å²) in [6.07, 6.45) is 3.40. The van der Waals surface area contributed by atoms with Gasteiger partial charge in [-0.3, -0.25) is 0 Å². The highest BCUT2D eigenvalue weighted by Crippen LogP contribution is 2.25. The lowest BCUT2D eigenvalue weighted by Gasteiger charge is -2.35. The lowest BCUT2D eigenvalue weighted by Crippen LogP contribution is -2.47. The Labute approximate surface area is 110 Å². The van der Waals surface area contributed by atoms with E-state index >= 15 is 0 Å². The Balaban J connectivity index is 1.99. The predicted octanol–water partition coefficient (Wildman–Crippen LogP) is 0.427. The van der Waals surface area contributed by atoms with E-state index in [0.717, 1.165) is 19.4 Å². The second-order valence-electron chi connectivity index (χ2n) is 5.28. The third-order valence-corrected chi connectivity index (χ3v) is 6.29. The highest BCUT2D eigenvalue weighted by molar-refractivity contribution is 7.89.